The number of carbonyl (C=O) groups excluding carboxylic acids is 4. The lowest BCUT2D eigenvalue weighted by molar-refractivity contribution is -0.146. The van der Waals surface area contributed by atoms with Crippen molar-refractivity contribution in [3.05, 3.63) is 0 Å². The maximum atomic E-state index is 11.4. The molecule has 0 saturated heterocycles. The van der Waals surface area contributed by atoms with Gasteiger partial charge in [0.1, 0.15) is 0 Å². The van der Waals surface area contributed by atoms with Crippen molar-refractivity contribution in [1.29, 1.82) is 0 Å². The number of nitrogens with zero attached hydrogens (tertiary/aromatic N) is 2. The zero-order valence-electron chi connectivity index (χ0n) is 13.8. The predicted molar refractivity (Wildman–Crippen MR) is 84.8 cm³/mol. The molecule has 0 N–H and O–H groups in total. The third-order valence-corrected chi connectivity index (χ3v) is 3.00. The second-order valence-corrected chi connectivity index (χ2v) is 5.01. The van der Waals surface area contributed by atoms with Gasteiger partial charge in [-0.3, -0.25) is 9.59 Å². The molecular weight excluding hydrogens is 316 g/mol. The summed E-state index contributed by atoms with van der Waals surface area (Å²) in [6.07, 6.45) is 7.22. The standard InChI is InChI=1S/C16H24N2O6/c19-13-17-9-3-5-11-23-15(21)7-1-2-8-16(22)24-12-6-4-10-18-14-20/h1-12H2. The smallest absolute Gasteiger partial charge is 0.305 e. The largest absolute Gasteiger partial charge is 0.466 e. The van der Waals surface area contributed by atoms with Crippen molar-refractivity contribution in [3.63, 3.8) is 0 Å². The van der Waals surface area contributed by atoms with Crippen LogP contribution < -0.4 is 0 Å². The molecule has 0 aromatic carbocycles. The van der Waals surface area contributed by atoms with E-state index in [9.17, 15) is 19.2 Å². The Balaban J connectivity index is 3.40. The molecule has 0 aliphatic heterocycles. The minimum atomic E-state index is -0.294. The highest BCUT2D eigenvalue weighted by molar-refractivity contribution is 5.70. The SMILES string of the molecule is O=C=NCCCCOC(=O)CCCCC(=O)OCCCCN=C=O. The highest BCUT2D eigenvalue weighted by atomic mass is 16.5. The average Bonchev–Trinajstić information content (AvgIpc) is 2.58. The molecular formula is C16H24N2O6. The van der Waals surface area contributed by atoms with Gasteiger partial charge >= 0.3 is 11.9 Å². The lowest BCUT2D eigenvalue weighted by atomic mass is 10.2. The van der Waals surface area contributed by atoms with E-state index in [2.05, 4.69) is 9.98 Å². The van der Waals surface area contributed by atoms with Crippen molar-refractivity contribution in [2.75, 3.05) is 26.3 Å². The molecule has 0 aliphatic rings. The van der Waals surface area contributed by atoms with Crippen LogP contribution in [0.1, 0.15) is 51.4 Å². The van der Waals surface area contributed by atoms with E-state index in [1.54, 1.807) is 0 Å². The minimum absolute atomic E-state index is 0.267. The van der Waals surface area contributed by atoms with Crippen molar-refractivity contribution in [2.24, 2.45) is 9.98 Å². The molecule has 0 heterocycles. The number of unbranched alkanes of at least 4 members (excludes halogenated alkanes) is 3. The Morgan fingerprint density at radius 1 is 0.667 bits per heavy atom. The molecule has 0 aromatic rings. The zero-order chi connectivity index (χ0) is 17.9. The number of ether oxygens (including phenoxy) is 2. The summed E-state index contributed by atoms with van der Waals surface area (Å²) in [6.45, 7) is 1.41. The molecule has 0 bridgehead atoms. The van der Waals surface area contributed by atoms with Crippen molar-refractivity contribution in [3.8, 4) is 0 Å². The number of hydrogen-bond acceptors (Lipinski definition) is 8. The number of esters is 2. The van der Waals surface area contributed by atoms with Crippen LogP contribution in [0.4, 0.5) is 0 Å². The first-order valence-corrected chi connectivity index (χ1v) is 8.09. The summed E-state index contributed by atoms with van der Waals surface area (Å²) in [5, 5.41) is 0. The molecule has 0 unspecified atom stereocenters. The molecule has 134 valence electrons. The van der Waals surface area contributed by atoms with E-state index >= 15 is 0 Å². The van der Waals surface area contributed by atoms with E-state index < -0.39 is 0 Å². The van der Waals surface area contributed by atoms with Gasteiger partial charge in [0.2, 0.25) is 12.2 Å². The van der Waals surface area contributed by atoms with Gasteiger partial charge in [-0.05, 0) is 38.5 Å². The number of hydrogen-bond donors (Lipinski definition) is 0. The predicted octanol–water partition coefficient (Wildman–Crippen LogP) is 1.87. The molecule has 24 heavy (non-hydrogen) atoms. The molecule has 0 amide bonds. The van der Waals surface area contributed by atoms with Crippen molar-refractivity contribution in [2.45, 2.75) is 51.4 Å². The maximum absolute atomic E-state index is 11.4. The summed E-state index contributed by atoms with van der Waals surface area (Å²) in [5.41, 5.74) is 0. The van der Waals surface area contributed by atoms with E-state index in [-0.39, 0.29) is 24.8 Å². The number of rotatable bonds is 15. The Bertz CT molecular complexity index is 411. The Hall–Kier alpha value is -2.30. The Morgan fingerprint density at radius 3 is 1.46 bits per heavy atom. The molecule has 0 atom stereocenters. The normalized spacial score (nSPS) is 9.50. The highest BCUT2D eigenvalue weighted by Gasteiger charge is 2.06. The maximum Gasteiger partial charge on any atom is 0.305 e. The minimum Gasteiger partial charge on any atom is -0.466 e. The monoisotopic (exact) mass is 340 g/mol. The van der Waals surface area contributed by atoms with Crippen molar-refractivity contribution >= 4 is 24.1 Å². The molecule has 0 fully saturated rings. The van der Waals surface area contributed by atoms with Gasteiger partial charge in [0.15, 0.2) is 0 Å². The van der Waals surface area contributed by atoms with Crippen LogP contribution in [-0.4, -0.2) is 50.4 Å². The van der Waals surface area contributed by atoms with E-state index in [1.807, 2.05) is 0 Å². The molecule has 0 rings (SSSR count). The van der Waals surface area contributed by atoms with Crippen LogP contribution in [-0.2, 0) is 28.7 Å². The Kier molecular flexibility index (Phi) is 15.4. The van der Waals surface area contributed by atoms with Gasteiger partial charge in [0, 0.05) is 12.8 Å². The third kappa shape index (κ3) is 16.1. The van der Waals surface area contributed by atoms with E-state index in [0.717, 1.165) is 0 Å². The number of aliphatic imine (C=N–C) groups is 2. The summed E-state index contributed by atoms with van der Waals surface area (Å²) < 4.78 is 10.0. The Morgan fingerprint density at radius 2 is 1.08 bits per heavy atom. The number of isocyanates is 2. The average molecular weight is 340 g/mol. The molecule has 0 aliphatic carbocycles. The highest BCUT2D eigenvalue weighted by Crippen LogP contribution is 2.04. The van der Waals surface area contributed by atoms with Crippen LogP contribution in [0.5, 0.6) is 0 Å². The first-order chi connectivity index (χ1) is 11.7. The van der Waals surface area contributed by atoms with Crippen molar-refractivity contribution < 1.29 is 28.7 Å². The van der Waals surface area contributed by atoms with Gasteiger partial charge in [-0.25, -0.2) is 19.6 Å². The summed E-state index contributed by atoms with van der Waals surface area (Å²) in [7, 11) is 0. The zero-order valence-corrected chi connectivity index (χ0v) is 13.8. The summed E-state index contributed by atoms with van der Waals surface area (Å²) in [5.74, 6) is -0.587. The second-order valence-electron chi connectivity index (χ2n) is 5.01. The summed E-state index contributed by atoms with van der Waals surface area (Å²) in [4.78, 5) is 49.3. The fourth-order valence-electron chi connectivity index (χ4n) is 1.73. The third-order valence-electron chi connectivity index (χ3n) is 3.00. The van der Waals surface area contributed by atoms with E-state index in [4.69, 9.17) is 9.47 Å². The van der Waals surface area contributed by atoms with Gasteiger partial charge in [0.25, 0.3) is 0 Å². The van der Waals surface area contributed by atoms with Gasteiger partial charge in [-0.1, -0.05) is 0 Å². The van der Waals surface area contributed by atoms with Gasteiger partial charge in [-0.15, -0.1) is 0 Å². The second kappa shape index (κ2) is 17.1. The van der Waals surface area contributed by atoms with Crippen LogP contribution in [0.25, 0.3) is 0 Å². The topological polar surface area (TPSA) is 111 Å². The fourth-order valence-corrected chi connectivity index (χ4v) is 1.73. The summed E-state index contributed by atoms with van der Waals surface area (Å²) in [6, 6.07) is 0. The molecule has 0 spiro atoms. The Labute approximate surface area is 141 Å². The van der Waals surface area contributed by atoms with Crippen LogP contribution in [0.3, 0.4) is 0 Å². The first kappa shape index (κ1) is 21.7. The lowest BCUT2D eigenvalue weighted by Gasteiger charge is -2.05. The van der Waals surface area contributed by atoms with Crippen LogP contribution >= 0.6 is 0 Å². The molecule has 0 saturated carbocycles. The molecule has 0 aromatic heterocycles. The van der Waals surface area contributed by atoms with E-state index in [0.29, 0.717) is 64.8 Å². The van der Waals surface area contributed by atoms with Crippen molar-refractivity contribution in [1.82, 2.24) is 0 Å². The van der Waals surface area contributed by atoms with Crippen LogP contribution in [0.2, 0.25) is 0 Å². The molecule has 8 nitrogen and oxygen atoms in total. The van der Waals surface area contributed by atoms with Crippen LogP contribution in [0, 0.1) is 0 Å². The van der Waals surface area contributed by atoms with Gasteiger partial charge < -0.3 is 9.47 Å². The molecule has 0 radical (unpaired) electrons. The van der Waals surface area contributed by atoms with E-state index in [1.165, 1.54) is 12.2 Å². The lowest BCUT2D eigenvalue weighted by Crippen LogP contribution is -2.08. The van der Waals surface area contributed by atoms with Gasteiger partial charge in [0.05, 0.1) is 26.3 Å². The fraction of sp³-hybridized carbons (Fsp3) is 0.750. The number of carbonyl (C=O) groups is 2. The molecule has 8 heteroatoms. The quantitative estimate of drug-likeness (QED) is 0.195. The first-order valence-electron chi connectivity index (χ1n) is 8.09. The van der Waals surface area contributed by atoms with Gasteiger partial charge in [-0.2, -0.15) is 0 Å². The van der Waals surface area contributed by atoms with Crippen LogP contribution in [0.15, 0.2) is 9.98 Å². The summed E-state index contributed by atoms with van der Waals surface area (Å²) >= 11 is 0.